The van der Waals surface area contributed by atoms with Crippen LogP contribution in [-0.4, -0.2) is 6.04 Å². The summed E-state index contributed by atoms with van der Waals surface area (Å²) in [6, 6.07) is 10.3. The van der Waals surface area contributed by atoms with Gasteiger partial charge in [0.25, 0.3) is 0 Å². The standard InChI is InChI=1S/C20H31N/c1-6-15-7-9-16(10-8-15)14(2)21-18-19(3,4)17-11-12-20(18,5)13-17/h7-10,14,17-18,21H,6,11-13H2,1-5H3. The van der Waals surface area contributed by atoms with E-state index in [0.29, 0.717) is 22.9 Å². The molecule has 0 heterocycles. The fourth-order valence-corrected chi connectivity index (χ4v) is 5.11. The maximum atomic E-state index is 3.99. The highest BCUT2D eigenvalue weighted by atomic mass is 15.0. The van der Waals surface area contributed by atoms with Crippen LogP contribution in [0.5, 0.6) is 0 Å². The fraction of sp³-hybridized carbons (Fsp3) is 0.700. The van der Waals surface area contributed by atoms with Crippen molar-refractivity contribution < 1.29 is 0 Å². The topological polar surface area (TPSA) is 12.0 Å². The molecule has 4 unspecified atom stereocenters. The number of benzene rings is 1. The maximum Gasteiger partial charge on any atom is 0.0294 e. The lowest BCUT2D eigenvalue weighted by Crippen LogP contribution is -2.50. The lowest BCUT2D eigenvalue weighted by atomic mass is 9.68. The van der Waals surface area contributed by atoms with Crippen LogP contribution in [0.4, 0.5) is 0 Å². The van der Waals surface area contributed by atoms with Gasteiger partial charge in [0.1, 0.15) is 0 Å². The average molecular weight is 285 g/mol. The van der Waals surface area contributed by atoms with E-state index in [1.54, 1.807) is 0 Å². The van der Waals surface area contributed by atoms with E-state index >= 15 is 0 Å². The van der Waals surface area contributed by atoms with Gasteiger partial charge in [-0.2, -0.15) is 0 Å². The second-order valence-electron chi connectivity index (χ2n) is 8.33. The monoisotopic (exact) mass is 285 g/mol. The molecule has 2 fully saturated rings. The fourth-order valence-electron chi connectivity index (χ4n) is 5.11. The van der Waals surface area contributed by atoms with Crippen LogP contribution in [0.2, 0.25) is 0 Å². The zero-order valence-corrected chi connectivity index (χ0v) is 14.4. The van der Waals surface area contributed by atoms with Crippen LogP contribution >= 0.6 is 0 Å². The van der Waals surface area contributed by atoms with Crippen LogP contribution in [0.25, 0.3) is 0 Å². The van der Waals surface area contributed by atoms with Gasteiger partial charge in [-0.3, -0.25) is 0 Å². The molecule has 0 radical (unpaired) electrons. The molecule has 2 aliphatic rings. The molecular formula is C20H31N. The zero-order chi connectivity index (χ0) is 15.3. The summed E-state index contributed by atoms with van der Waals surface area (Å²) in [7, 11) is 0. The summed E-state index contributed by atoms with van der Waals surface area (Å²) >= 11 is 0. The lowest BCUT2D eigenvalue weighted by molar-refractivity contribution is 0.100. The Bertz CT molecular complexity index is 496. The summed E-state index contributed by atoms with van der Waals surface area (Å²) in [6.45, 7) is 12.0. The summed E-state index contributed by atoms with van der Waals surface area (Å²) in [5.74, 6) is 0.912. The lowest BCUT2D eigenvalue weighted by Gasteiger charge is -2.44. The Morgan fingerprint density at radius 3 is 2.38 bits per heavy atom. The van der Waals surface area contributed by atoms with E-state index in [1.165, 1.54) is 30.4 Å². The molecule has 0 aliphatic heterocycles. The smallest absolute Gasteiger partial charge is 0.0294 e. The zero-order valence-electron chi connectivity index (χ0n) is 14.4. The summed E-state index contributed by atoms with van der Waals surface area (Å²) < 4.78 is 0. The van der Waals surface area contributed by atoms with Crippen molar-refractivity contribution in [1.82, 2.24) is 5.32 Å². The third-order valence-electron chi connectivity index (χ3n) is 6.57. The molecule has 2 bridgehead atoms. The van der Waals surface area contributed by atoms with Gasteiger partial charge in [-0.25, -0.2) is 0 Å². The van der Waals surface area contributed by atoms with Crippen molar-refractivity contribution in [2.75, 3.05) is 0 Å². The van der Waals surface area contributed by atoms with Crippen molar-refractivity contribution in [3.63, 3.8) is 0 Å². The molecule has 21 heavy (non-hydrogen) atoms. The number of hydrogen-bond acceptors (Lipinski definition) is 1. The second kappa shape index (κ2) is 5.12. The number of aryl methyl sites for hydroxylation is 1. The number of fused-ring (bicyclic) bond motifs is 2. The molecule has 2 aliphatic carbocycles. The first kappa shape index (κ1) is 15.1. The van der Waals surface area contributed by atoms with Crippen LogP contribution in [0.15, 0.2) is 24.3 Å². The molecule has 0 spiro atoms. The van der Waals surface area contributed by atoms with Crippen molar-refractivity contribution in [3.8, 4) is 0 Å². The van der Waals surface area contributed by atoms with Gasteiger partial charge >= 0.3 is 0 Å². The van der Waals surface area contributed by atoms with Crippen LogP contribution in [0.3, 0.4) is 0 Å². The summed E-state index contributed by atoms with van der Waals surface area (Å²) in [5, 5.41) is 3.99. The first-order valence-electron chi connectivity index (χ1n) is 8.72. The Morgan fingerprint density at radius 1 is 1.19 bits per heavy atom. The van der Waals surface area contributed by atoms with Crippen LogP contribution in [-0.2, 0) is 6.42 Å². The van der Waals surface area contributed by atoms with Gasteiger partial charge in [0.05, 0.1) is 0 Å². The molecule has 0 saturated heterocycles. The van der Waals surface area contributed by atoms with Gasteiger partial charge in [-0.1, -0.05) is 52.0 Å². The van der Waals surface area contributed by atoms with E-state index in [2.05, 4.69) is 64.2 Å². The minimum absolute atomic E-state index is 0.435. The van der Waals surface area contributed by atoms with Crippen molar-refractivity contribution in [1.29, 1.82) is 0 Å². The Kier molecular flexibility index (Phi) is 3.68. The second-order valence-corrected chi connectivity index (χ2v) is 8.33. The molecule has 2 saturated carbocycles. The van der Waals surface area contributed by atoms with E-state index < -0.39 is 0 Å². The van der Waals surface area contributed by atoms with Gasteiger partial charge in [0.2, 0.25) is 0 Å². The number of nitrogens with one attached hydrogen (secondary N) is 1. The molecule has 0 amide bonds. The normalized spacial score (nSPS) is 35.1. The molecule has 3 rings (SSSR count). The molecular weight excluding hydrogens is 254 g/mol. The third kappa shape index (κ3) is 2.44. The minimum atomic E-state index is 0.435. The Morgan fingerprint density at radius 2 is 1.86 bits per heavy atom. The number of hydrogen-bond donors (Lipinski definition) is 1. The van der Waals surface area contributed by atoms with Crippen molar-refractivity contribution in [2.45, 2.75) is 72.4 Å². The molecule has 1 aromatic carbocycles. The van der Waals surface area contributed by atoms with Gasteiger partial charge < -0.3 is 5.32 Å². The SMILES string of the molecule is CCc1ccc(C(C)NC2C3(C)CCC(C3)C2(C)C)cc1. The van der Waals surface area contributed by atoms with E-state index in [4.69, 9.17) is 0 Å². The highest BCUT2D eigenvalue weighted by molar-refractivity contribution is 5.25. The Balaban J connectivity index is 1.76. The molecule has 1 N–H and O–H groups in total. The summed E-state index contributed by atoms with van der Waals surface area (Å²) in [5.41, 5.74) is 3.80. The minimum Gasteiger partial charge on any atom is -0.306 e. The van der Waals surface area contributed by atoms with Gasteiger partial charge in [-0.05, 0) is 60.5 Å². The highest BCUT2D eigenvalue weighted by Gasteiger charge is 2.59. The average Bonchev–Trinajstić information content (AvgIpc) is 2.94. The van der Waals surface area contributed by atoms with Crippen molar-refractivity contribution in [3.05, 3.63) is 35.4 Å². The molecule has 1 aromatic rings. The quantitative estimate of drug-likeness (QED) is 0.810. The van der Waals surface area contributed by atoms with Crippen molar-refractivity contribution in [2.24, 2.45) is 16.7 Å². The largest absolute Gasteiger partial charge is 0.306 e. The first-order valence-corrected chi connectivity index (χ1v) is 8.72. The highest BCUT2D eigenvalue weighted by Crippen LogP contribution is 2.62. The van der Waals surface area contributed by atoms with Crippen LogP contribution in [0.1, 0.15) is 71.0 Å². The van der Waals surface area contributed by atoms with Crippen LogP contribution in [0, 0.1) is 16.7 Å². The number of rotatable bonds is 4. The maximum absolute atomic E-state index is 3.99. The van der Waals surface area contributed by atoms with Gasteiger partial charge in [0.15, 0.2) is 0 Å². The molecule has 1 nitrogen and oxygen atoms in total. The molecule has 116 valence electrons. The van der Waals surface area contributed by atoms with Gasteiger partial charge in [0, 0.05) is 12.1 Å². The van der Waals surface area contributed by atoms with E-state index in [9.17, 15) is 0 Å². The summed E-state index contributed by atoms with van der Waals surface area (Å²) in [6.07, 6.45) is 5.37. The van der Waals surface area contributed by atoms with E-state index in [1.807, 2.05) is 0 Å². The predicted octanol–water partition coefficient (Wildman–Crippen LogP) is 5.11. The summed E-state index contributed by atoms with van der Waals surface area (Å²) in [4.78, 5) is 0. The predicted molar refractivity (Wildman–Crippen MR) is 90.4 cm³/mol. The first-order chi connectivity index (χ1) is 9.87. The molecule has 1 heteroatoms. The van der Waals surface area contributed by atoms with E-state index in [-0.39, 0.29) is 0 Å². The Hall–Kier alpha value is -0.820. The third-order valence-corrected chi connectivity index (χ3v) is 6.57. The van der Waals surface area contributed by atoms with Gasteiger partial charge in [-0.15, -0.1) is 0 Å². The van der Waals surface area contributed by atoms with Crippen molar-refractivity contribution >= 4 is 0 Å². The molecule has 0 aromatic heterocycles. The van der Waals surface area contributed by atoms with Crippen LogP contribution < -0.4 is 5.32 Å². The Labute approximate surface area is 130 Å². The van der Waals surface area contributed by atoms with E-state index in [0.717, 1.165) is 12.3 Å². The molecule has 4 atom stereocenters.